The van der Waals surface area contributed by atoms with Crippen LogP contribution in [0.1, 0.15) is 52.9 Å². The second-order valence-corrected chi connectivity index (χ2v) is 3.75. The summed E-state index contributed by atoms with van der Waals surface area (Å²) in [7, 11) is 0. The first-order valence-electron chi connectivity index (χ1n) is 5.85. The predicted octanol–water partition coefficient (Wildman–Crippen LogP) is 3.69. The second-order valence-electron chi connectivity index (χ2n) is 3.75. The molecule has 1 unspecified atom stereocenters. The lowest BCUT2D eigenvalue weighted by Gasteiger charge is -2.15. The van der Waals surface area contributed by atoms with Crippen LogP contribution in [0.5, 0.6) is 0 Å². The number of rotatable bonds is 7. The molecule has 0 radical (unpaired) electrons. The van der Waals surface area contributed by atoms with Crippen LogP contribution in [0.2, 0.25) is 0 Å². The van der Waals surface area contributed by atoms with Gasteiger partial charge in [0.1, 0.15) is 0 Å². The molecule has 0 spiro atoms. The van der Waals surface area contributed by atoms with Gasteiger partial charge in [-0.1, -0.05) is 40.0 Å². The number of unbranched alkanes of at least 4 members (excludes halogenated alkanes) is 2. The normalized spacial score (nSPS) is 12.4. The van der Waals surface area contributed by atoms with E-state index >= 15 is 0 Å². The van der Waals surface area contributed by atoms with Crippen molar-refractivity contribution in [2.24, 2.45) is 5.92 Å². The van der Waals surface area contributed by atoms with Gasteiger partial charge in [0.25, 0.3) is 0 Å². The molecule has 0 fully saturated rings. The zero-order valence-electron chi connectivity index (χ0n) is 9.79. The maximum atomic E-state index is 9.73. The van der Waals surface area contributed by atoms with Crippen LogP contribution in [-0.2, 0) is 0 Å². The third-order valence-corrected chi connectivity index (χ3v) is 2.62. The van der Waals surface area contributed by atoms with E-state index in [0.717, 1.165) is 19.3 Å². The standard InChI is InChI=1S/C13H24O/c1-4-7-8-9-10-11-13(14)12(5-2)6-3/h9,11-14H,4-8H2,1-3H3. The lowest BCUT2D eigenvalue weighted by Crippen LogP contribution is -2.15. The van der Waals surface area contributed by atoms with Crippen molar-refractivity contribution in [3.63, 3.8) is 0 Å². The summed E-state index contributed by atoms with van der Waals surface area (Å²) in [6.45, 7) is 6.41. The van der Waals surface area contributed by atoms with Crippen LogP contribution in [0.4, 0.5) is 0 Å². The van der Waals surface area contributed by atoms with Crippen LogP contribution in [-0.4, -0.2) is 11.2 Å². The molecule has 0 rings (SSSR count). The number of aliphatic hydroxyl groups is 1. The second kappa shape index (κ2) is 9.05. The number of aliphatic hydroxyl groups excluding tert-OH is 1. The van der Waals surface area contributed by atoms with Gasteiger partial charge in [-0.3, -0.25) is 0 Å². The van der Waals surface area contributed by atoms with Crippen molar-refractivity contribution in [1.82, 2.24) is 0 Å². The Kier molecular flexibility index (Phi) is 8.72. The molecule has 0 aromatic heterocycles. The van der Waals surface area contributed by atoms with Crippen LogP contribution >= 0.6 is 0 Å². The molecular formula is C13H24O. The van der Waals surface area contributed by atoms with Crippen molar-refractivity contribution in [2.75, 3.05) is 0 Å². The summed E-state index contributed by atoms with van der Waals surface area (Å²) < 4.78 is 0. The van der Waals surface area contributed by atoms with Gasteiger partial charge in [0.2, 0.25) is 0 Å². The fourth-order valence-corrected chi connectivity index (χ4v) is 1.46. The van der Waals surface area contributed by atoms with Crippen molar-refractivity contribution < 1.29 is 5.11 Å². The van der Waals surface area contributed by atoms with E-state index in [1.807, 2.05) is 6.08 Å². The van der Waals surface area contributed by atoms with E-state index < -0.39 is 0 Å². The average Bonchev–Trinajstić information content (AvgIpc) is 2.19. The maximum absolute atomic E-state index is 9.73. The van der Waals surface area contributed by atoms with Crippen molar-refractivity contribution in [3.05, 3.63) is 17.9 Å². The minimum Gasteiger partial charge on any atom is -0.388 e. The van der Waals surface area contributed by atoms with E-state index in [2.05, 4.69) is 26.5 Å². The lowest BCUT2D eigenvalue weighted by atomic mass is 9.96. The zero-order valence-corrected chi connectivity index (χ0v) is 9.79. The third-order valence-electron chi connectivity index (χ3n) is 2.62. The highest BCUT2D eigenvalue weighted by molar-refractivity contribution is 4.92. The SMILES string of the molecule is CCCCC=C=CC(O)C(CC)CC. The molecule has 0 aliphatic rings. The van der Waals surface area contributed by atoms with Gasteiger partial charge in [-0.25, -0.2) is 0 Å². The Morgan fingerprint density at radius 2 is 1.86 bits per heavy atom. The van der Waals surface area contributed by atoms with Gasteiger partial charge in [0.15, 0.2) is 0 Å². The van der Waals surface area contributed by atoms with Gasteiger partial charge in [0.05, 0.1) is 6.10 Å². The third kappa shape index (κ3) is 6.01. The van der Waals surface area contributed by atoms with Crippen molar-refractivity contribution in [1.29, 1.82) is 0 Å². The lowest BCUT2D eigenvalue weighted by molar-refractivity contribution is 0.147. The minimum atomic E-state index is -0.317. The molecule has 0 saturated carbocycles. The summed E-state index contributed by atoms with van der Waals surface area (Å²) in [5.74, 6) is 0.391. The van der Waals surface area contributed by atoms with Crippen molar-refractivity contribution >= 4 is 0 Å². The van der Waals surface area contributed by atoms with Gasteiger partial charge in [0, 0.05) is 0 Å². The highest BCUT2D eigenvalue weighted by Gasteiger charge is 2.11. The summed E-state index contributed by atoms with van der Waals surface area (Å²) >= 11 is 0. The summed E-state index contributed by atoms with van der Waals surface area (Å²) in [5.41, 5.74) is 3.07. The van der Waals surface area contributed by atoms with Crippen LogP contribution < -0.4 is 0 Å². The first-order valence-corrected chi connectivity index (χ1v) is 5.85. The van der Waals surface area contributed by atoms with Crippen molar-refractivity contribution in [2.45, 2.75) is 59.0 Å². The fourth-order valence-electron chi connectivity index (χ4n) is 1.46. The fraction of sp³-hybridized carbons (Fsp3) is 0.769. The Hall–Kier alpha value is -0.520. The average molecular weight is 196 g/mol. The summed E-state index contributed by atoms with van der Waals surface area (Å²) in [5, 5.41) is 9.73. The van der Waals surface area contributed by atoms with Gasteiger partial charge >= 0.3 is 0 Å². The van der Waals surface area contributed by atoms with Crippen LogP contribution in [0, 0.1) is 5.92 Å². The highest BCUT2D eigenvalue weighted by atomic mass is 16.3. The van der Waals surface area contributed by atoms with Crippen LogP contribution in [0.15, 0.2) is 17.9 Å². The maximum Gasteiger partial charge on any atom is 0.0822 e. The number of hydrogen-bond acceptors (Lipinski definition) is 1. The van der Waals surface area contributed by atoms with E-state index in [4.69, 9.17) is 0 Å². The quantitative estimate of drug-likeness (QED) is 0.486. The largest absolute Gasteiger partial charge is 0.388 e. The molecule has 14 heavy (non-hydrogen) atoms. The monoisotopic (exact) mass is 196 g/mol. The molecule has 1 heteroatoms. The van der Waals surface area contributed by atoms with E-state index in [0.29, 0.717) is 5.92 Å². The van der Waals surface area contributed by atoms with Gasteiger partial charge in [-0.05, 0) is 30.9 Å². The molecule has 0 aliphatic heterocycles. The Morgan fingerprint density at radius 1 is 1.21 bits per heavy atom. The molecule has 0 aromatic rings. The Labute approximate surface area is 88.5 Å². The first-order chi connectivity index (χ1) is 6.76. The molecule has 0 bridgehead atoms. The molecule has 0 aromatic carbocycles. The Bertz CT molecular complexity index is 174. The van der Waals surface area contributed by atoms with E-state index in [9.17, 15) is 5.11 Å². The molecule has 0 aliphatic carbocycles. The van der Waals surface area contributed by atoms with E-state index in [-0.39, 0.29) is 6.10 Å². The molecule has 0 amide bonds. The summed E-state index contributed by atoms with van der Waals surface area (Å²) in [6, 6.07) is 0. The van der Waals surface area contributed by atoms with Gasteiger partial charge in [-0.15, -0.1) is 5.73 Å². The van der Waals surface area contributed by atoms with Crippen molar-refractivity contribution in [3.8, 4) is 0 Å². The van der Waals surface area contributed by atoms with Crippen LogP contribution in [0.3, 0.4) is 0 Å². The van der Waals surface area contributed by atoms with Crippen LogP contribution in [0.25, 0.3) is 0 Å². The van der Waals surface area contributed by atoms with E-state index in [1.165, 1.54) is 12.8 Å². The molecular weight excluding hydrogens is 172 g/mol. The minimum absolute atomic E-state index is 0.317. The van der Waals surface area contributed by atoms with Gasteiger partial charge in [-0.2, -0.15) is 0 Å². The number of hydrogen-bond donors (Lipinski definition) is 1. The molecule has 82 valence electrons. The highest BCUT2D eigenvalue weighted by Crippen LogP contribution is 2.13. The topological polar surface area (TPSA) is 20.2 Å². The molecule has 1 atom stereocenters. The zero-order chi connectivity index (χ0) is 10.8. The van der Waals surface area contributed by atoms with E-state index in [1.54, 1.807) is 6.08 Å². The molecule has 0 saturated heterocycles. The molecule has 1 nitrogen and oxygen atoms in total. The smallest absolute Gasteiger partial charge is 0.0822 e. The van der Waals surface area contributed by atoms with Gasteiger partial charge < -0.3 is 5.11 Å². The Morgan fingerprint density at radius 3 is 2.36 bits per heavy atom. The molecule has 0 heterocycles. The summed E-state index contributed by atoms with van der Waals surface area (Å²) in [6.07, 6.45) is 9.07. The first kappa shape index (κ1) is 13.5. The Balaban J connectivity index is 3.89. The predicted molar refractivity (Wildman–Crippen MR) is 62.3 cm³/mol. The summed E-state index contributed by atoms with van der Waals surface area (Å²) in [4.78, 5) is 0. The molecule has 1 N–H and O–H groups in total.